The van der Waals surface area contributed by atoms with E-state index in [0.717, 1.165) is 29.8 Å². The van der Waals surface area contributed by atoms with Crippen molar-refractivity contribution in [1.82, 2.24) is 4.31 Å². The maximum absolute atomic E-state index is 14.1. The summed E-state index contributed by atoms with van der Waals surface area (Å²) >= 11 is 2.09. The molecule has 186 valence electrons. The largest absolute Gasteiger partial charge is 0.465 e. The quantitative estimate of drug-likeness (QED) is 0.301. The van der Waals surface area contributed by atoms with Gasteiger partial charge in [-0.3, -0.25) is 0 Å². The number of carbonyl (C=O) groups excluding carboxylic acids is 2. The third kappa shape index (κ3) is 5.30. The standard InChI is InChI=1S/C26H28INO6S/c1-5-6-12-20-21(25(29)33-3)24(26(30)34-4)28(23(22(20)27)18-10-8-7-9-11-18)35(31,32)19-15-13-17(2)14-16-19/h7-11,13-16,23H,5-6,12H2,1-4H3. The number of benzene rings is 2. The first-order chi connectivity index (χ1) is 16.7. The first kappa shape index (κ1) is 26.9. The van der Waals surface area contributed by atoms with Crippen molar-refractivity contribution in [3.8, 4) is 0 Å². The zero-order chi connectivity index (χ0) is 25.8. The van der Waals surface area contributed by atoms with Crippen LogP contribution in [-0.2, 0) is 29.1 Å². The minimum Gasteiger partial charge on any atom is -0.465 e. The van der Waals surface area contributed by atoms with Gasteiger partial charge in [0.2, 0.25) is 0 Å². The van der Waals surface area contributed by atoms with E-state index in [4.69, 9.17) is 9.47 Å². The molecular weight excluding hydrogens is 581 g/mol. The summed E-state index contributed by atoms with van der Waals surface area (Å²) in [6, 6.07) is 14.5. The van der Waals surface area contributed by atoms with Crippen LogP contribution in [0.3, 0.4) is 0 Å². The normalized spacial score (nSPS) is 16.4. The van der Waals surface area contributed by atoms with Crippen molar-refractivity contribution in [2.45, 2.75) is 44.0 Å². The molecular formula is C26H28INO6S. The van der Waals surface area contributed by atoms with E-state index in [1.165, 1.54) is 19.2 Å². The molecule has 0 saturated carbocycles. The van der Waals surface area contributed by atoms with Crippen LogP contribution >= 0.6 is 22.6 Å². The van der Waals surface area contributed by atoms with Gasteiger partial charge in [-0.2, -0.15) is 0 Å². The second kappa shape index (κ2) is 11.4. The summed E-state index contributed by atoms with van der Waals surface area (Å²) in [6.45, 7) is 3.87. The average molecular weight is 609 g/mol. The molecule has 2 aromatic carbocycles. The highest BCUT2D eigenvalue weighted by molar-refractivity contribution is 14.1. The van der Waals surface area contributed by atoms with Gasteiger partial charge in [-0.05, 0) is 65.6 Å². The van der Waals surface area contributed by atoms with E-state index in [9.17, 15) is 18.0 Å². The molecule has 35 heavy (non-hydrogen) atoms. The van der Waals surface area contributed by atoms with Crippen LogP contribution in [0.1, 0.15) is 43.4 Å². The van der Waals surface area contributed by atoms with Crippen molar-refractivity contribution in [3.05, 3.63) is 86.1 Å². The van der Waals surface area contributed by atoms with Gasteiger partial charge in [0.05, 0.1) is 24.7 Å². The molecule has 7 nitrogen and oxygen atoms in total. The number of rotatable bonds is 8. The third-order valence-corrected chi connectivity index (χ3v) is 8.78. The van der Waals surface area contributed by atoms with Gasteiger partial charge in [0, 0.05) is 3.58 Å². The van der Waals surface area contributed by atoms with Crippen molar-refractivity contribution >= 4 is 44.6 Å². The van der Waals surface area contributed by atoms with E-state index in [1.54, 1.807) is 36.4 Å². The molecule has 9 heteroatoms. The maximum Gasteiger partial charge on any atom is 0.356 e. The predicted octanol–water partition coefficient (Wildman–Crippen LogP) is 5.22. The Labute approximate surface area is 220 Å². The molecule has 2 aromatic rings. The highest BCUT2D eigenvalue weighted by atomic mass is 127. The van der Waals surface area contributed by atoms with Crippen LogP contribution in [0.2, 0.25) is 0 Å². The summed E-state index contributed by atoms with van der Waals surface area (Å²) < 4.78 is 40.0. The molecule has 1 heterocycles. The molecule has 1 atom stereocenters. The van der Waals surface area contributed by atoms with E-state index in [1.807, 2.05) is 19.9 Å². The highest BCUT2D eigenvalue weighted by Crippen LogP contribution is 2.48. The van der Waals surface area contributed by atoms with Gasteiger partial charge in [-0.15, -0.1) is 0 Å². The molecule has 0 saturated heterocycles. The second-order valence-electron chi connectivity index (χ2n) is 8.06. The number of carbonyl (C=O) groups is 2. The van der Waals surface area contributed by atoms with Crippen LogP contribution in [-0.4, -0.2) is 38.9 Å². The van der Waals surface area contributed by atoms with Crippen LogP contribution in [0.4, 0.5) is 0 Å². The molecule has 0 amide bonds. The number of methoxy groups -OCH3 is 2. The van der Waals surface area contributed by atoms with E-state index in [-0.39, 0.29) is 16.2 Å². The van der Waals surface area contributed by atoms with Crippen molar-refractivity contribution in [3.63, 3.8) is 0 Å². The molecule has 0 bridgehead atoms. The molecule has 0 aromatic heterocycles. The first-order valence-corrected chi connectivity index (χ1v) is 13.7. The molecule has 0 N–H and O–H groups in total. The van der Waals surface area contributed by atoms with Crippen molar-refractivity contribution in [1.29, 1.82) is 0 Å². The topological polar surface area (TPSA) is 90.0 Å². The number of sulfonamides is 1. The number of halogens is 1. The number of unbranched alkanes of at least 4 members (excludes halogenated alkanes) is 1. The molecule has 3 rings (SSSR count). The summed E-state index contributed by atoms with van der Waals surface area (Å²) in [5, 5.41) is 0. The Kier molecular flexibility index (Phi) is 8.76. The van der Waals surface area contributed by atoms with Crippen LogP contribution in [0.15, 0.2) is 79.9 Å². The zero-order valence-corrected chi connectivity index (χ0v) is 23.1. The summed E-state index contributed by atoms with van der Waals surface area (Å²) in [7, 11) is -1.94. The van der Waals surface area contributed by atoms with E-state index < -0.39 is 28.0 Å². The third-order valence-electron chi connectivity index (χ3n) is 5.76. The van der Waals surface area contributed by atoms with Gasteiger partial charge in [0.25, 0.3) is 10.0 Å². The molecule has 1 aliphatic rings. The minimum absolute atomic E-state index is 0.00384. The molecule has 0 aliphatic carbocycles. The number of hydrogen-bond acceptors (Lipinski definition) is 6. The second-order valence-corrected chi connectivity index (χ2v) is 11.0. The number of hydrogen-bond donors (Lipinski definition) is 0. The average Bonchev–Trinajstić information content (AvgIpc) is 2.87. The SMILES string of the molecule is CCCCC1=C(I)C(c2ccccc2)N(S(=O)(=O)c2ccc(C)cc2)C(C(=O)OC)=C1C(=O)OC. The lowest BCUT2D eigenvalue weighted by Gasteiger charge is -2.39. The van der Waals surface area contributed by atoms with E-state index >= 15 is 0 Å². The smallest absolute Gasteiger partial charge is 0.356 e. The Morgan fingerprint density at radius 1 is 0.971 bits per heavy atom. The van der Waals surface area contributed by atoms with Gasteiger partial charge < -0.3 is 9.47 Å². The summed E-state index contributed by atoms with van der Waals surface area (Å²) in [4.78, 5) is 26.3. The lowest BCUT2D eigenvalue weighted by atomic mass is 9.90. The summed E-state index contributed by atoms with van der Waals surface area (Å²) in [5.41, 5.74) is 1.70. The Morgan fingerprint density at radius 2 is 1.57 bits per heavy atom. The lowest BCUT2D eigenvalue weighted by molar-refractivity contribution is -0.140. The van der Waals surface area contributed by atoms with Crippen LogP contribution < -0.4 is 0 Å². The predicted molar refractivity (Wildman–Crippen MR) is 141 cm³/mol. The number of esters is 2. The molecule has 0 spiro atoms. The van der Waals surface area contributed by atoms with Gasteiger partial charge in [0.1, 0.15) is 6.04 Å². The minimum atomic E-state index is -4.30. The highest BCUT2D eigenvalue weighted by Gasteiger charge is 2.46. The monoisotopic (exact) mass is 609 g/mol. The van der Waals surface area contributed by atoms with Gasteiger partial charge in [-0.1, -0.05) is 61.4 Å². The van der Waals surface area contributed by atoms with Crippen molar-refractivity contribution in [2.24, 2.45) is 0 Å². The fourth-order valence-corrected chi connectivity index (χ4v) is 6.96. The number of aryl methyl sites for hydroxylation is 1. The van der Waals surface area contributed by atoms with Gasteiger partial charge in [-0.25, -0.2) is 22.3 Å². The van der Waals surface area contributed by atoms with Gasteiger partial charge in [0.15, 0.2) is 5.70 Å². The van der Waals surface area contributed by atoms with E-state index in [0.29, 0.717) is 21.1 Å². The lowest BCUT2D eigenvalue weighted by Crippen LogP contribution is -2.42. The first-order valence-electron chi connectivity index (χ1n) is 11.1. The van der Waals surface area contributed by atoms with E-state index in [2.05, 4.69) is 22.6 Å². The van der Waals surface area contributed by atoms with Crippen LogP contribution in [0, 0.1) is 6.92 Å². The van der Waals surface area contributed by atoms with Crippen LogP contribution in [0.5, 0.6) is 0 Å². The van der Waals surface area contributed by atoms with Crippen molar-refractivity contribution in [2.75, 3.05) is 14.2 Å². The fourth-order valence-electron chi connectivity index (χ4n) is 3.98. The zero-order valence-electron chi connectivity index (χ0n) is 20.1. The fraction of sp³-hybridized carbons (Fsp3) is 0.308. The Morgan fingerprint density at radius 3 is 2.11 bits per heavy atom. The molecule has 0 radical (unpaired) electrons. The van der Waals surface area contributed by atoms with Gasteiger partial charge >= 0.3 is 11.9 Å². The van der Waals surface area contributed by atoms with Crippen molar-refractivity contribution < 1.29 is 27.5 Å². The molecule has 1 unspecified atom stereocenters. The van der Waals surface area contributed by atoms with Crippen LogP contribution in [0.25, 0.3) is 0 Å². The Balaban J connectivity index is 2.44. The Bertz CT molecular complexity index is 1270. The number of nitrogens with zero attached hydrogens (tertiary/aromatic N) is 1. The molecule has 1 aliphatic heterocycles. The maximum atomic E-state index is 14.1. The Hall–Kier alpha value is -2.66. The number of ether oxygens (including phenoxy) is 2. The summed E-state index contributed by atoms with van der Waals surface area (Å²) in [5.74, 6) is -1.72. The summed E-state index contributed by atoms with van der Waals surface area (Å²) in [6.07, 6.45) is 2.06. The molecule has 0 fully saturated rings.